The fourth-order valence-electron chi connectivity index (χ4n) is 3.81. The number of nitrogens with two attached hydrogens (primary N) is 1. The normalized spacial score (nSPS) is 11.4. The zero-order chi connectivity index (χ0) is 20.8. The summed E-state index contributed by atoms with van der Waals surface area (Å²) in [5.74, 6) is 0. The van der Waals surface area contributed by atoms with E-state index in [0.717, 1.165) is 55.7 Å². The Hall–Kier alpha value is -4.59. The first kappa shape index (κ1) is 17.3. The van der Waals surface area contributed by atoms with Crippen molar-refractivity contribution in [3.8, 4) is 33.8 Å². The van der Waals surface area contributed by atoms with E-state index in [1.54, 1.807) is 31.0 Å². The molecule has 0 aliphatic rings. The van der Waals surface area contributed by atoms with Crippen LogP contribution in [-0.4, -0.2) is 35.1 Å². The van der Waals surface area contributed by atoms with Crippen molar-refractivity contribution in [3.05, 3.63) is 73.6 Å². The van der Waals surface area contributed by atoms with Gasteiger partial charge in [0.05, 0.1) is 28.8 Å². The van der Waals surface area contributed by atoms with Crippen molar-refractivity contribution in [2.24, 2.45) is 0 Å². The summed E-state index contributed by atoms with van der Waals surface area (Å²) < 4.78 is 0. The van der Waals surface area contributed by atoms with Crippen molar-refractivity contribution < 1.29 is 0 Å². The molecule has 0 aliphatic carbocycles. The summed E-state index contributed by atoms with van der Waals surface area (Å²) in [6.45, 7) is 0. The Morgan fingerprint density at radius 3 is 2.61 bits per heavy atom. The number of pyridine rings is 4. The van der Waals surface area contributed by atoms with Gasteiger partial charge < -0.3 is 10.7 Å². The summed E-state index contributed by atoms with van der Waals surface area (Å²) in [6.07, 6.45) is 10.5. The monoisotopic (exact) mass is 404 g/mol. The fourth-order valence-corrected chi connectivity index (χ4v) is 3.81. The minimum atomic E-state index is 0.594. The van der Waals surface area contributed by atoms with Gasteiger partial charge in [-0.1, -0.05) is 6.07 Å². The number of aromatic nitrogens is 7. The first-order valence-electron chi connectivity index (χ1n) is 9.70. The van der Waals surface area contributed by atoms with E-state index in [4.69, 9.17) is 5.73 Å². The third-order valence-electron chi connectivity index (χ3n) is 5.26. The first-order valence-corrected chi connectivity index (χ1v) is 9.70. The van der Waals surface area contributed by atoms with Gasteiger partial charge in [0.2, 0.25) is 0 Å². The Morgan fingerprint density at radius 2 is 1.74 bits per heavy atom. The molecule has 8 heteroatoms. The van der Waals surface area contributed by atoms with Gasteiger partial charge in [0.15, 0.2) is 0 Å². The Labute approximate surface area is 176 Å². The molecule has 4 N–H and O–H groups in total. The molecule has 8 nitrogen and oxygen atoms in total. The molecule has 0 radical (unpaired) electrons. The van der Waals surface area contributed by atoms with Crippen LogP contribution in [0.1, 0.15) is 0 Å². The largest absolute Gasteiger partial charge is 0.397 e. The van der Waals surface area contributed by atoms with Crippen molar-refractivity contribution in [2.45, 2.75) is 0 Å². The van der Waals surface area contributed by atoms with Crippen LogP contribution in [0.3, 0.4) is 0 Å². The van der Waals surface area contributed by atoms with Gasteiger partial charge in [-0.05, 0) is 35.9 Å². The number of anilines is 1. The van der Waals surface area contributed by atoms with Gasteiger partial charge >= 0.3 is 0 Å². The summed E-state index contributed by atoms with van der Waals surface area (Å²) >= 11 is 0. The quantitative estimate of drug-likeness (QED) is 0.406. The summed E-state index contributed by atoms with van der Waals surface area (Å²) in [7, 11) is 0. The second-order valence-electron chi connectivity index (χ2n) is 7.24. The van der Waals surface area contributed by atoms with Gasteiger partial charge in [-0.15, -0.1) is 0 Å². The van der Waals surface area contributed by atoms with E-state index in [-0.39, 0.29) is 0 Å². The summed E-state index contributed by atoms with van der Waals surface area (Å²) in [4.78, 5) is 20.8. The molecule has 0 saturated carbocycles. The molecule has 6 aromatic rings. The van der Waals surface area contributed by atoms with Crippen LogP contribution in [0.5, 0.6) is 0 Å². The molecule has 0 atom stereocenters. The average molecular weight is 404 g/mol. The Kier molecular flexibility index (Phi) is 3.76. The second kappa shape index (κ2) is 6.74. The molecule has 6 rings (SSSR count). The van der Waals surface area contributed by atoms with Gasteiger partial charge in [-0.2, -0.15) is 5.10 Å². The van der Waals surface area contributed by atoms with E-state index < -0.39 is 0 Å². The highest BCUT2D eigenvalue weighted by molar-refractivity contribution is 6.00. The Morgan fingerprint density at radius 1 is 0.806 bits per heavy atom. The highest BCUT2D eigenvalue weighted by Gasteiger charge is 2.15. The van der Waals surface area contributed by atoms with Crippen LogP contribution < -0.4 is 5.73 Å². The standard InChI is InChI=1S/C23H16N8/c24-15-6-14(10-26-11-15)19-8-18-21(12-28-19)30-31-22(18)20-7-17-16(3-5-27-23(17)29-20)13-2-1-4-25-9-13/h1-12H,24H2,(H,27,29)(H,30,31). The lowest BCUT2D eigenvalue weighted by Gasteiger charge is -2.02. The Balaban J connectivity index is 1.51. The van der Waals surface area contributed by atoms with Gasteiger partial charge in [0.1, 0.15) is 11.3 Å². The van der Waals surface area contributed by atoms with Crippen LogP contribution >= 0.6 is 0 Å². The van der Waals surface area contributed by atoms with Crippen LogP contribution in [0.2, 0.25) is 0 Å². The van der Waals surface area contributed by atoms with E-state index >= 15 is 0 Å². The van der Waals surface area contributed by atoms with Crippen molar-refractivity contribution in [1.29, 1.82) is 0 Å². The number of fused-ring (bicyclic) bond motifs is 2. The van der Waals surface area contributed by atoms with Crippen LogP contribution in [0.15, 0.2) is 73.6 Å². The van der Waals surface area contributed by atoms with Crippen LogP contribution in [0.4, 0.5) is 5.69 Å². The molecule has 6 aromatic heterocycles. The van der Waals surface area contributed by atoms with E-state index in [1.807, 2.05) is 36.5 Å². The highest BCUT2D eigenvalue weighted by Crippen LogP contribution is 2.33. The number of nitrogens with zero attached hydrogens (tertiary/aromatic N) is 5. The molecule has 6 heterocycles. The lowest BCUT2D eigenvalue weighted by molar-refractivity contribution is 1.11. The molecule has 0 saturated heterocycles. The number of rotatable bonds is 3. The lowest BCUT2D eigenvalue weighted by atomic mass is 10.1. The number of H-pyrrole nitrogens is 2. The predicted molar refractivity (Wildman–Crippen MR) is 120 cm³/mol. The van der Waals surface area contributed by atoms with Crippen molar-refractivity contribution in [1.82, 2.24) is 35.1 Å². The SMILES string of the molecule is Nc1cncc(-c2cc3c(-c4cc5c(-c6cccnc6)ccnc5[nH]4)n[nH]c3cn2)c1. The fraction of sp³-hybridized carbons (Fsp3) is 0. The third-order valence-corrected chi connectivity index (χ3v) is 5.26. The number of hydrogen-bond acceptors (Lipinski definition) is 6. The van der Waals surface area contributed by atoms with Gasteiger partial charge in [-0.25, -0.2) is 4.98 Å². The highest BCUT2D eigenvalue weighted by atomic mass is 15.1. The molecule has 0 spiro atoms. The van der Waals surface area contributed by atoms with Crippen LogP contribution in [0, 0.1) is 0 Å². The zero-order valence-electron chi connectivity index (χ0n) is 16.2. The molecule has 0 amide bonds. The molecule has 0 fully saturated rings. The number of nitrogens with one attached hydrogen (secondary N) is 2. The summed E-state index contributed by atoms with van der Waals surface area (Å²) in [5.41, 5.74) is 13.5. The molecule has 148 valence electrons. The average Bonchev–Trinajstić information content (AvgIpc) is 3.43. The Bertz CT molecular complexity index is 1550. The topological polar surface area (TPSA) is 122 Å². The number of nitrogen functional groups attached to an aromatic ring is 1. The maximum absolute atomic E-state index is 5.89. The molecule has 0 aliphatic heterocycles. The summed E-state index contributed by atoms with van der Waals surface area (Å²) in [6, 6.07) is 11.9. The van der Waals surface area contributed by atoms with Crippen LogP contribution in [-0.2, 0) is 0 Å². The van der Waals surface area contributed by atoms with Crippen molar-refractivity contribution in [2.75, 3.05) is 5.73 Å². The van der Waals surface area contributed by atoms with E-state index in [1.165, 1.54) is 0 Å². The van der Waals surface area contributed by atoms with E-state index in [2.05, 4.69) is 41.2 Å². The number of hydrogen-bond donors (Lipinski definition) is 3. The predicted octanol–water partition coefficient (Wildman–Crippen LogP) is 4.21. The maximum atomic E-state index is 5.89. The molecule has 0 bridgehead atoms. The van der Waals surface area contributed by atoms with Crippen LogP contribution in [0.25, 0.3) is 55.7 Å². The maximum Gasteiger partial charge on any atom is 0.138 e. The first-order chi connectivity index (χ1) is 15.3. The molecular weight excluding hydrogens is 388 g/mol. The van der Waals surface area contributed by atoms with Crippen molar-refractivity contribution >= 4 is 27.6 Å². The van der Waals surface area contributed by atoms with E-state index in [9.17, 15) is 0 Å². The lowest BCUT2D eigenvalue weighted by Crippen LogP contribution is -1.89. The van der Waals surface area contributed by atoms with Crippen molar-refractivity contribution in [3.63, 3.8) is 0 Å². The molecule has 0 aromatic carbocycles. The minimum absolute atomic E-state index is 0.594. The second-order valence-corrected chi connectivity index (χ2v) is 7.24. The third kappa shape index (κ3) is 2.89. The number of aromatic amines is 2. The summed E-state index contributed by atoms with van der Waals surface area (Å²) in [5, 5.41) is 9.56. The zero-order valence-corrected chi connectivity index (χ0v) is 16.2. The smallest absolute Gasteiger partial charge is 0.138 e. The van der Waals surface area contributed by atoms with Gasteiger partial charge in [0.25, 0.3) is 0 Å². The molecule has 0 unspecified atom stereocenters. The molecular formula is C23H16N8. The van der Waals surface area contributed by atoms with E-state index in [0.29, 0.717) is 5.69 Å². The minimum Gasteiger partial charge on any atom is -0.397 e. The van der Waals surface area contributed by atoms with Gasteiger partial charge in [0, 0.05) is 52.9 Å². The molecule has 31 heavy (non-hydrogen) atoms. The van der Waals surface area contributed by atoms with Gasteiger partial charge in [-0.3, -0.25) is 20.1 Å².